The molecule has 0 spiro atoms. The number of rotatable bonds is 6. The molecule has 1 aliphatic rings. The number of benzene rings is 2. The molecule has 0 fully saturated rings. The van der Waals surface area contributed by atoms with E-state index >= 15 is 0 Å². The van der Waals surface area contributed by atoms with Crippen LogP contribution in [0, 0.1) is 5.82 Å². The Morgan fingerprint density at radius 1 is 1.13 bits per heavy atom. The van der Waals surface area contributed by atoms with E-state index in [4.69, 9.17) is 9.47 Å². The SMILES string of the molecule is O=C(CCNCc1ccc2c(c1)OCO2)Nc1ccccc1F. The maximum Gasteiger partial charge on any atom is 0.231 e. The summed E-state index contributed by atoms with van der Waals surface area (Å²) >= 11 is 0. The largest absolute Gasteiger partial charge is 0.454 e. The second-order valence-electron chi connectivity index (χ2n) is 5.14. The van der Waals surface area contributed by atoms with Gasteiger partial charge in [-0.2, -0.15) is 0 Å². The van der Waals surface area contributed by atoms with E-state index in [2.05, 4.69) is 10.6 Å². The molecule has 0 radical (unpaired) electrons. The van der Waals surface area contributed by atoms with Gasteiger partial charge in [0.2, 0.25) is 12.7 Å². The fourth-order valence-electron chi connectivity index (χ4n) is 2.26. The van der Waals surface area contributed by atoms with Crippen molar-refractivity contribution < 1.29 is 18.7 Å². The number of para-hydroxylation sites is 1. The van der Waals surface area contributed by atoms with Gasteiger partial charge in [0.15, 0.2) is 11.5 Å². The molecule has 6 heteroatoms. The summed E-state index contributed by atoms with van der Waals surface area (Å²) in [4.78, 5) is 11.8. The van der Waals surface area contributed by atoms with E-state index in [-0.39, 0.29) is 24.8 Å². The first-order chi connectivity index (χ1) is 11.2. The average Bonchev–Trinajstić information content (AvgIpc) is 3.01. The molecule has 3 rings (SSSR count). The first-order valence-electron chi connectivity index (χ1n) is 7.36. The van der Waals surface area contributed by atoms with E-state index < -0.39 is 5.82 Å². The van der Waals surface area contributed by atoms with E-state index in [1.165, 1.54) is 12.1 Å². The summed E-state index contributed by atoms with van der Waals surface area (Å²) < 4.78 is 24.0. The molecule has 1 amide bonds. The Morgan fingerprint density at radius 2 is 1.96 bits per heavy atom. The maximum absolute atomic E-state index is 13.4. The molecule has 0 saturated carbocycles. The number of nitrogens with one attached hydrogen (secondary N) is 2. The lowest BCUT2D eigenvalue weighted by molar-refractivity contribution is -0.116. The summed E-state index contributed by atoms with van der Waals surface area (Å²) in [6, 6.07) is 11.8. The zero-order valence-corrected chi connectivity index (χ0v) is 12.5. The molecule has 23 heavy (non-hydrogen) atoms. The quantitative estimate of drug-likeness (QED) is 0.805. The van der Waals surface area contributed by atoms with Gasteiger partial charge < -0.3 is 20.1 Å². The maximum atomic E-state index is 13.4. The Balaban J connectivity index is 1.41. The van der Waals surface area contributed by atoms with Crippen molar-refractivity contribution in [2.75, 3.05) is 18.7 Å². The van der Waals surface area contributed by atoms with Crippen molar-refractivity contribution in [1.29, 1.82) is 0 Å². The molecule has 2 aromatic carbocycles. The zero-order chi connectivity index (χ0) is 16.1. The standard InChI is InChI=1S/C17H17FN2O3/c18-13-3-1-2-4-14(13)20-17(21)7-8-19-10-12-5-6-15-16(9-12)23-11-22-15/h1-6,9,19H,7-8,10-11H2,(H,20,21). The van der Waals surface area contributed by atoms with Gasteiger partial charge in [0, 0.05) is 19.5 Å². The van der Waals surface area contributed by atoms with Gasteiger partial charge in [-0.15, -0.1) is 0 Å². The highest BCUT2D eigenvalue weighted by Gasteiger charge is 2.13. The molecule has 1 aliphatic heterocycles. The van der Waals surface area contributed by atoms with E-state index in [9.17, 15) is 9.18 Å². The minimum atomic E-state index is -0.436. The number of amides is 1. The topological polar surface area (TPSA) is 59.6 Å². The lowest BCUT2D eigenvalue weighted by Crippen LogP contribution is -2.21. The van der Waals surface area contributed by atoms with Gasteiger partial charge in [0.05, 0.1) is 5.69 Å². The Morgan fingerprint density at radius 3 is 2.83 bits per heavy atom. The van der Waals surface area contributed by atoms with Crippen molar-refractivity contribution >= 4 is 11.6 Å². The van der Waals surface area contributed by atoms with Crippen LogP contribution < -0.4 is 20.1 Å². The summed E-state index contributed by atoms with van der Waals surface area (Å²) in [5.41, 5.74) is 1.25. The van der Waals surface area contributed by atoms with Gasteiger partial charge >= 0.3 is 0 Å². The van der Waals surface area contributed by atoms with Crippen LogP contribution in [-0.2, 0) is 11.3 Å². The highest BCUT2D eigenvalue weighted by molar-refractivity contribution is 5.90. The molecule has 0 atom stereocenters. The fourth-order valence-corrected chi connectivity index (χ4v) is 2.26. The molecule has 5 nitrogen and oxygen atoms in total. The van der Waals surface area contributed by atoms with Crippen LogP contribution in [0.25, 0.3) is 0 Å². The molecule has 0 saturated heterocycles. The van der Waals surface area contributed by atoms with Gasteiger partial charge in [-0.3, -0.25) is 4.79 Å². The van der Waals surface area contributed by atoms with Crippen molar-refractivity contribution in [2.45, 2.75) is 13.0 Å². The third-order valence-electron chi connectivity index (χ3n) is 3.44. The molecule has 0 aliphatic carbocycles. The number of carbonyl (C=O) groups is 1. The monoisotopic (exact) mass is 316 g/mol. The van der Waals surface area contributed by atoms with Gasteiger partial charge in [-0.05, 0) is 29.8 Å². The van der Waals surface area contributed by atoms with Gasteiger partial charge in [-0.1, -0.05) is 18.2 Å². The second-order valence-corrected chi connectivity index (χ2v) is 5.14. The minimum Gasteiger partial charge on any atom is -0.454 e. The van der Waals surface area contributed by atoms with E-state index in [0.29, 0.717) is 13.1 Å². The number of fused-ring (bicyclic) bond motifs is 1. The molecule has 2 aromatic rings. The van der Waals surface area contributed by atoms with Crippen molar-refractivity contribution in [3.63, 3.8) is 0 Å². The van der Waals surface area contributed by atoms with Crippen molar-refractivity contribution in [2.24, 2.45) is 0 Å². The highest BCUT2D eigenvalue weighted by atomic mass is 19.1. The van der Waals surface area contributed by atoms with Crippen molar-refractivity contribution in [3.05, 3.63) is 53.8 Å². The number of ether oxygens (including phenoxy) is 2. The molecular formula is C17H17FN2O3. The lowest BCUT2D eigenvalue weighted by atomic mass is 10.2. The molecule has 0 bridgehead atoms. The van der Waals surface area contributed by atoms with Gasteiger partial charge in [0.1, 0.15) is 5.82 Å². The van der Waals surface area contributed by atoms with Crippen LogP contribution in [0.4, 0.5) is 10.1 Å². The molecule has 2 N–H and O–H groups in total. The van der Waals surface area contributed by atoms with Gasteiger partial charge in [-0.25, -0.2) is 4.39 Å². The zero-order valence-electron chi connectivity index (χ0n) is 12.5. The summed E-state index contributed by atoms with van der Waals surface area (Å²) in [5.74, 6) is 0.821. The van der Waals surface area contributed by atoms with Crippen molar-refractivity contribution in [3.8, 4) is 11.5 Å². The second kappa shape index (κ2) is 7.11. The minimum absolute atomic E-state index is 0.202. The Hall–Kier alpha value is -2.60. The summed E-state index contributed by atoms with van der Waals surface area (Å²) in [7, 11) is 0. The third kappa shape index (κ3) is 3.98. The molecular weight excluding hydrogens is 299 g/mol. The Labute approximate surface area is 133 Å². The van der Waals surface area contributed by atoms with Crippen LogP contribution in [0.3, 0.4) is 0 Å². The number of hydrogen-bond acceptors (Lipinski definition) is 4. The van der Waals surface area contributed by atoms with Crippen LogP contribution in [0.15, 0.2) is 42.5 Å². The summed E-state index contributed by atoms with van der Waals surface area (Å²) in [6.45, 7) is 1.36. The molecule has 1 heterocycles. The average molecular weight is 316 g/mol. The van der Waals surface area contributed by atoms with Crippen LogP contribution in [0.1, 0.15) is 12.0 Å². The summed E-state index contributed by atoms with van der Waals surface area (Å²) in [6.07, 6.45) is 0.263. The molecule has 120 valence electrons. The molecule has 0 unspecified atom stereocenters. The highest BCUT2D eigenvalue weighted by Crippen LogP contribution is 2.32. The number of halogens is 1. The van der Waals surface area contributed by atoms with E-state index in [0.717, 1.165) is 17.1 Å². The van der Waals surface area contributed by atoms with E-state index in [1.54, 1.807) is 12.1 Å². The number of carbonyl (C=O) groups excluding carboxylic acids is 1. The van der Waals surface area contributed by atoms with Crippen LogP contribution in [-0.4, -0.2) is 19.2 Å². The first kappa shape index (κ1) is 15.3. The predicted molar refractivity (Wildman–Crippen MR) is 83.9 cm³/mol. The molecule has 0 aromatic heterocycles. The Kier molecular flexibility index (Phi) is 4.73. The van der Waals surface area contributed by atoms with Gasteiger partial charge in [0.25, 0.3) is 0 Å². The number of anilines is 1. The van der Waals surface area contributed by atoms with Crippen LogP contribution >= 0.6 is 0 Å². The predicted octanol–water partition coefficient (Wildman–Crippen LogP) is 2.67. The van der Waals surface area contributed by atoms with Crippen molar-refractivity contribution in [1.82, 2.24) is 5.32 Å². The fraction of sp³-hybridized carbons (Fsp3) is 0.235. The Bertz CT molecular complexity index is 706. The van der Waals surface area contributed by atoms with Crippen LogP contribution in [0.2, 0.25) is 0 Å². The van der Waals surface area contributed by atoms with E-state index in [1.807, 2.05) is 18.2 Å². The normalized spacial score (nSPS) is 12.2. The number of hydrogen-bond donors (Lipinski definition) is 2. The first-order valence-corrected chi connectivity index (χ1v) is 7.36. The van der Waals surface area contributed by atoms with Crippen LogP contribution in [0.5, 0.6) is 11.5 Å². The third-order valence-corrected chi connectivity index (χ3v) is 3.44. The lowest BCUT2D eigenvalue weighted by Gasteiger charge is -2.08. The summed E-state index contributed by atoms with van der Waals surface area (Å²) in [5, 5.41) is 5.73. The smallest absolute Gasteiger partial charge is 0.231 e.